The first-order valence-corrected chi connectivity index (χ1v) is 8.38. The first-order valence-electron chi connectivity index (χ1n) is 7.40. The zero-order chi connectivity index (χ0) is 16.2. The van der Waals surface area contributed by atoms with Crippen LogP contribution in [0.1, 0.15) is 33.1 Å². The quantitative estimate of drug-likeness (QED) is 0.427. The van der Waals surface area contributed by atoms with Gasteiger partial charge in [0.25, 0.3) is 0 Å². The van der Waals surface area contributed by atoms with E-state index in [1.165, 1.54) is 12.4 Å². The smallest absolute Gasteiger partial charge is 0.319 e. The van der Waals surface area contributed by atoms with Gasteiger partial charge in [-0.2, -0.15) is 20.5 Å². The lowest BCUT2D eigenvalue weighted by atomic mass is 10.2. The van der Waals surface area contributed by atoms with Crippen molar-refractivity contribution in [3.8, 4) is 0 Å². The summed E-state index contributed by atoms with van der Waals surface area (Å²) in [6.07, 6.45) is 2.66. The van der Waals surface area contributed by atoms with E-state index in [-0.39, 0.29) is 41.1 Å². The van der Waals surface area contributed by atoms with E-state index in [9.17, 15) is 8.78 Å². The summed E-state index contributed by atoms with van der Waals surface area (Å²) in [6, 6.07) is 0. The predicted molar refractivity (Wildman–Crippen MR) is 102 cm³/mol. The molecule has 23 heavy (non-hydrogen) atoms. The molecule has 1 aliphatic heterocycles. The lowest BCUT2D eigenvalue weighted by Crippen LogP contribution is -2.51. The van der Waals surface area contributed by atoms with Crippen LogP contribution in [0, 0.1) is 0 Å². The molecule has 0 aromatic carbocycles. The summed E-state index contributed by atoms with van der Waals surface area (Å²) < 4.78 is 26.7. The Balaban J connectivity index is 0.00000264. The van der Waals surface area contributed by atoms with E-state index in [4.69, 9.17) is 0 Å². The van der Waals surface area contributed by atoms with E-state index in [2.05, 4.69) is 34.0 Å². The highest BCUT2D eigenvalue weighted by atomic mass is 127. The Morgan fingerprint density at radius 3 is 2.87 bits per heavy atom. The Hall–Kier alpha value is -0.580. The van der Waals surface area contributed by atoms with E-state index in [1.54, 1.807) is 0 Å². The van der Waals surface area contributed by atoms with E-state index >= 15 is 0 Å². The number of guanidine groups is 1. The zero-order valence-corrected chi connectivity index (χ0v) is 16.8. The maximum atomic E-state index is 12.8. The monoisotopic (exact) mass is 459 g/mol. The van der Waals surface area contributed by atoms with Crippen molar-refractivity contribution >= 4 is 41.7 Å². The third kappa shape index (κ3) is 5.77. The molecule has 1 aliphatic rings. The first-order chi connectivity index (χ1) is 10.4. The molecule has 0 aliphatic carbocycles. The van der Waals surface area contributed by atoms with E-state index in [0.717, 1.165) is 35.9 Å². The molecule has 1 aromatic rings. The maximum absolute atomic E-state index is 12.8. The van der Waals surface area contributed by atoms with Crippen molar-refractivity contribution in [2.45, 2.75) is 38.6 Å². The molecular formula is C14H24F2IN5S. The molecule has 0 saturated carbocycles. The Kier molecular flexibility index (Phi) is 8.05. The molecule has 2 heterocycles. The summed E-state index contributed by atoms with van der Waals surface area (Å²) in [5.41, 5.74) is 0. The highest BCUT2D eigenvalue weighted by Gasteiger charge is 2.28. The molecule has 0 atom stereocenters. The second-order valence-electron chi connectivity index (χ2n) is 5.73. The molecule has 0 amide bonds. The van der Waals surface area contributed by atoms with Gasteiger partial charge in [-0.05, 0) is 20.8 Å². The molecule has 1 saturated heterocycles. The van der Waals surface area contributed by atoms with Gasteiger partial charge in [-0.1, -0.05) is 0 Å². The van der Waals surface area contributed by atoms with Crippen LogP contribution < -0.4 is 5.32 Å². The van der Waals surface area contributed by atoms with Crippen LogP contribution >= 0.6 is 35.7 Å². The highest BCUT2D eigenvalue weighted by molar-refractivity contribution is 14.0. The summed E-state index contributed by atoms with van der Waals surface area (Å²) in [5.74, 6) is 2.07. The zero-order valence-electron chi connectivity index (χ0n) is 13.6. The van der Waals surface area contributed by atoms with Crippen LogP contribution in [0.5, 0.6) is 0 Å². The fourth-order valence-electron chi connectivity index (χ4n) is 2.41. The van der Waals surface area contributed by atoms with Crippen LogP contribution in [0.3, 0.4) is 0 Å². The molecule has 0 bridgehead atoms. The molecule has 9 heteroatoms. The van der Waals surface area contributed by atoms with Gasteiger partial charge < -0.3 is 10.2 Å². The number of aromatic nitrogens is 2. The topological polar surface area (TPSA) is 45.5 Å². The van der Waals surface area contributed by atoms with Gasteiger partial charge in [0.1, 0.15) is 12.4 Å². The fourth-order valence-corrected chi connectivity index (χ4v) is 3.52. The van der Waals surface area contributed by atoms with Crippen LogP contribution in [0.25, 0.3) is 0 Å². The molecule has 0 unspecified atom stereocenters. The molecule has 1 aromatic heterocycles. The van der Waals surface area contributed by atoms with Crippen molar-refractivity contribution in [1.29, 1.82) is 0 Å². The number of rotatable bonds is 4. The van der Waals surface area contributed by atoms with Gasteiger partial charge in [-0.15, -0.1) is 24.0 Å². The van der Waals surface area contributed by atoms with Crippen LogP contribution in [-0.2, 0) is 6.54 Å². The number of imidazole rings is 1. The Labute approximate surface area is 157 Å². The predicted octanol–water partition coefficient (Wildman–Crippen LogP) is 3.19. The lowest BCUT2D eigenvalue weighted by molar-refractivity contribution is 0.0671. The SMILES string of the molecule is CCNC(=NCc1nccn1C(F)F)N1CCSC(C)(C)C1.I. The Bertz CT molecular complexity index is 521. The molecule has 2 rings (SSSR count). The van der Waals surface area contributed by atoms with Gasteiger partial charge in [-0.25, -0.2) is 9.98 Å². The van der Waals surface area contributed by atoms with Crippen LogP contribution in [0.15, 0.2) is 17.4 Å². The fraction of sp³-hybridized carbons (Fsp3) is 0.714. The standard InChI is InChI=1S/C14H23F2N5S.HI/c1-4-17-13(20-7-8-22-14(2,3)10-20)19-9-11-18-5-6-21(11)12(15)16;/h5-6,12H,4,7-10H2,1-3H3,(H,17,19);1H. The lowest BCUT2D eigenvalue weighted by Gasteiger charge is -2.39. The van der Waals surface area contributed by atoms with Crippen molar-refractivity contribution < 1.29 is 8.78 Å². The van der Waals surface area contributed by atoms with E-state index in [0.29, 0.717) is 0 Å². The van der Waals surface area contributed by atoms with E-state index < -0.39 is 6.55 Å². The van der Waals surface area contributed by atoms with Gasteiger partial charge in [0.15, 0.2) is 5.96 Å². The average molecular weight is 459 g/mol. The van der Waals surface area contributed by atoms with Crippen molar-refractivity contribution in [3.05, 3.63) is 18.2 Å². The van der Waals surface area contributed by atoms with Crippen molar-refractivity contribution in [1.82, 2.24) is 19.8 Å². The van der Waals surface area contributed by atoms with Gasteiger partial charge in [0.2, 0.25) is 0 Å². The third-order valence-corrected chi connectivity index (χ3v) is 4.69. The third-order valence-electron chi connectivity index (χ3n) is 3.39. The van der Waals surface area contributed by atoms with Gasteiger partial charge >= 0.3 is 6.55 Å². The molecule has 0 radical (unpaired) electrons. The molecule has 132 valence electrons. The van der Waals surface area contributed by atoms with Crippen molar-refractivity contribution in [2.24, 2.45) is 4.99 Å². The number of nitrogens with one attached hydrogen (secondary N) is 1. The van der Waals surface area contributed by atoms with Crippen LogP contribution in [0.4, 0.5) is 8.78 Å². The van der Waals surface area contributed by atoms with Crippen molar-refractivity contribution in [2.75, 3.05) is 25.4 Å². The second kappa shape index (κ2) is 9.05. The molecule has 1 fully saturated rings. The average Bonchev–Trinajstić information content (AvgIpc) is 2.91. The number of hydrogen-bond donors (Lipinski definition) is 1. The van der Waals surface area contributed by atoms with Gasteiger partial charge in [0.05, 0.1) is 0 Å². The number of halogens is 3. The summed E-state index contributed by atoms with van der Waals surface area (Å²) in [5, 5.41) is 3.24. The van der Waals surface area contributed by atoms with Gasteiger partial charge in [0, 0.05) is 42.5 Å². The molecular weight excluding hydrogens is 435 g/mol. The first kappa shape index (κ1) is 20.5. The summed E-state index contributed by atoms with van der Waals surface area (Å²) in [6.45, 7) is 6.50. The van der Waals surface area contributed by atoms with Crippen LogP contribution in [-0.4, -0.2) is 50.5 Å². The summed E-state index contributed by atoms with van der Waals surface area (Å²) in [4.78, 5) is 10.7. The maximum Gasteiger partial charge on any atom is 0.319 e. The summed E-state index contributed by atoms with van der Waals surface area (Å²) in [7, 11) is 0. The Morgan fingerprint density at radius 2 is 2.26 bits per heavy atom. The highest BCUT2D eigenvalue weighted by Crippen LogP contribution is 2.29. The minimum Gasteiger partial charge on any atom is -0.357 e. The molecule has 0 spiro atoms. The molecule has 1 N–H and O–H groups in total. The van der Waals surface area contributed by atoms with Crippen molar-refractivity contribution in [3.63, 3.8) is 0 Å². The number of hydrogen-bond acceptors (Lipinski definition) is 3. The number of thioether (sulfide) groups is 1. The van der Waals surface area contributed by atoms with E-state index in [1.807, 2.05) is 18.7 Å². The number of alkyl halides is 2. The largest absolute Gasteiger partial charge is 0.357 e. The summed E-state index contributed by atoms with van der Waals surface area (Å²) >= 11 is 1.94. The molecule has 5 nitrogen and oxygen atoms in total. The number of nitrogens with zero attached hydrogens (tertiary/aromatic N) is 4. The minimum atomic E-state index is -2.58. The number of aliphatic imine (C=N–C) groups is 1. The second-order valence-corrected chi connectivity index (χ2v) is 7.53. The normalized spacial score (nSPS) is 18.0. The minimum absolute atomic E-state index is 0. The van der Waals surface area contributed by atoms with Gasteiger partial charge in [-0.3, -0.25) is 4.57 Å². The van der Waals surface area contributed by atoms with Crippen LogP contribution in [0.2, 0.25) is 0 Å². The Morgan fingerprint density at radius 1 is 1.52 bits per heavy atom.